The van der Waals surface area contributed by atoms with Crippen molar-refractivity contribution in [3.63, 3.8) is 0 Å². The Hall–Kier alpha value is -2.57. The number of nitro benzene ring substituents is 1. The lowest BCUT2D eigenvalue weighted by atomic mass is 10.2. The summed E-state index contributed by atoms with van der Waals surface area (Å²) >= 11 is 0. The number of nitro groups is 1. The molecule has 0 aliphatic rings. The number of hydrogen-bond donors (Lipinski definition) is 0. The van der Waals surface area contributed by atoms with Gasteiger partial charge in [-0.25, -0.2) is 0 Å². The number of aromatic nitrogens is 3. The Morgan fingerprint density at radius 3 is 2.82 bits per heavy atom. The van der Waals surface area contributed by atoms with Crippen LogP contribution < -0.4 is 0 Å². The van der Waals surface area contributed by atoms with Crippen LogP contribution in [0.15, 0.2) is 30.4 Å². The number of carbonyl (C=O) groups is 1. The van der Waals surface area contributed by atoms with Crippen molar-refractivity contribution < 1.29 is 9.72 Å². The lowest BCUT2D eigenvalue weighted by Gasteiger charge is -1.98. The summed E-state index contributed by atoms with van der Waals surface area (Å²) in [6.07, 6.45) is 0. The Morgan fingerprint density at radius 1 is 1.53 bits per heavy atom. The van der Waals surface area contributed by atoms with Crippen LogP contribution in [0.1, 0.15) is 11.7 Å². The smallest absolute Gasteiger partial charge is 0.267 e. The molecule has 0 amide bonds. The number of benzene rings is 1. The molecule has 2 rings (SSSR count). The Bertz CT molecular complexity index is 644. The van der Waals surface area contributed by atoms with E-state index in [1.54, 1.807) is 6.92 Å². The van der Waals surface area contributed by atoms with Crippen LogP contribution in [0.25, 0.3) is 11.0 Å². The summed E-state index contributed by atoms with van der Waals surface area (Å²) < 4.78 is 1.07. The topological polar surface area (TPSA) is 90.9 Å². The molecule has 0 spiro atoms. The zero-order chi connectivity index (χ0) is 12.6. The predicted molar refractivity (Wildman–Crippen MR) is 59.6 cm³/mol. The lowest BCUT2D eigenvalue weighted by molar-refractivity contribution is -0.384. The minimum absolute atomic E-state index is 0.0904. The van der Waals surface area contributed by atoms with Crippen LogP contribution in [0.3, 0.4) is 0 Å². The first-order valence-corrected chi connectivity index (χ1v) is 4.71. The quantitative estimate of drug-likeness (QED) is 0.445. The van der Waals surface area contributed by atoms with Gasteiger partial charge in [0.2, 0.25) is 0 Å². The molecule has 0 saturated carbocycles. The summed E-state index contributed by atoms with van der Waals surface area (Å²) in [4.78, 5) is 21.7. The van der Waals surface area contributed by atoms with E-state index in [2.05, 4.69) is 16.9 Å². The predicted octanol–water partition coefficient (Wildman–Crippen LogP) is 1.56. The minimum atomic E-state index is -0.529. The number of allylic oxidation sites excluding steroid dienone is 1. The maximum Gasteiger partial charge on any atom is 0.275 e. The third-order valence-electron chi connectivity index (χ3n) is 2.20. The highest BCUT2D eigenvalue weighted by Crippen LogP contribution is 2.19. The Morgan fingerprint density at radius 2 is 2.24 bits per heavy atom. The Kier molecular flexibility index (Phi) is 2.43. The van der Waals surface area contributed by atoms with Crippen molar-refractivity contribution >= 4 is 22.6 Å². The summed E-state index contributed by atoms with van der Waals surface area (Å²) in [7, 11) is 0. The van der Waals surface area contributed by atoms with Crippen molar-refractivity contribution in [3.8, 4) is 0 Å². The van der Waals surface area contributed by atoms with Gasteiger partial charge in [-0.3, -0.25) is 14.9 Å². The summed E-state index contributed by atoms with van der Waals surface area (Å²) in [6, 6.07) is 4.01. The number of carbonyl (C=O) groups excluding carboxylic acids is 1. The second kappa shape index (κ2) is 3.78. The van der Waals surface area contributed by atoms with E-state index in [0.29, 0.717) is 16.6 Å². The van der Waals surface area contributed by atoms with Gasteiger partial charge in [-0.15, -0.1) is 5.10 Å². The third-order valence-corrected chi connectivity index (χ3v) is 2.20. The second-order valence-corrected chi connectivity index (χ2v) is 3.52. The van der Waals surface area contributed by atoms with Crippen LogP contribution in [0.5, 0.6) is 0 Å². The molecule has 0 aliphatic carbocycles. The number of non-ortho nitro benzene ring substituents is 1. The molecule has 86 valence electrons. The third kappa shape index (κ3) is 1.78. The monoisotopic (exact) mass is 232 g/mol. The van der Waals surface area contributed by atoms with Gasteiger partial charge in [0.25, 0.3) is 11.6 Å². The Labute approximate surface area is 95.5 Å². The van der Waals surface area contributed by atoms with Gasteiger partial charge in [0.05, 0.1) is 10.4 Å². The zero-order valence-electron chi connectivity index (χ0n) is 8.95. The van der Waals surface area contributed by atoms with Crippen LogP contribution in [0, 0.1) is 10.1 Å². The molecular formula is C10H8N4O3. The average Bonchev–Trinajstić information content (AvgIpc) is 2.70. The van der Waals surface area contributed by atoms with Gasteiger partial charge in [0, 0.05) is 17.7 Å². The van der Waals surface area contributed by atoms with E-state index in [0.717, 1.165) is 4.68 Å². The molecule has 2 aromatic rings. The van der Waals surface area contributed by atoms with Crippen molar-refractivity contribution in [3.05, 3.63) is 40.5 Å². The van der Waals surface area contributed by atoms with Crippen molar-refractivity contribution in [2.24, 2.45) is 0 Å². The van der Waals surface area contributed by atoms with E-state index in [-0.39, 0.29) is 11.6 Å². The van der Waals surface area contributed by atoms with Crippen LogP contribution in [0.2, 0.25) is 0 Å². The van der Waals surface area contributed by atoms with Crippen LogP contribution >= 0.6 is 0 Å². The van der Waals surface area contributed by atoms with Gasteiger partial charge in [0.1, 0.15) is 5.52 Å². The van der Waals surface area contributed by atoms with Crippen molar-refractivity contribution in [2.75, 3.05) is 0 Å². The summed E-state index contributed by atoms with van der Waals surface area (Å²) in [5.74, 6) is -0.388. The number of hydrogen-bond acceptors (Lipinski definition) is 5. The summed E-state index contributed by atoms with van der Waals surface area (Å²) in [5, 5.41) is 17.9. The molecule has 1 heterocycles. The highest BCUT2D eigenvalue weighted by atomic mass is 16.6. The molecule has 0 saturated heterocycles. The molecular weight excluding hydrogens is 224 g/mol. The van der Waals surface area contributed by atoms with E-state index in [4.69, 9.17) is 0 Å². The van der Waals surface area contributed by atoms with E-state index in [1.807, 2.05) is 0 Å². The minimum Gasteiger partial charge on any atom is -0.267 e. The van der Waals surface area contributed by atoms with Gasteiger partial charge < -0.3 is 0 Å². The average molecular weight is 232 g/mol. The first-order valence-electron chi connectivity index (χ1n) is 4.71. The molecule has 0 unspecified atom stereocenters. The molecule has 7 nitrogen and oxygen atoms in total. The molecule has 0 radical (unpaired) electrons. The molecule has 0 bridgehead atoms. The lowest BCUT2D eigenvalue weighted by Crippen LogP contribution is -2.12. The molecule has 0 N–H and O–H groups in total. The van der Waals surface area contributed by atoms with Gasteiger partial charge in [-0.2, -0.15) is 4.68 Å². The normalized spacial score (nSPS) is 10.4. The summed E-state index contributed by atoms with van der Waals surface area (Å²) in [6.45, 7) is 5.07. The van der Waals surface area contributed by atoms with Gasteiger partial charge >= 0.3 is 0 Å². The molecule has 7 heteroatoms. The fourth-order valence-electron chi connectivity index (χ4n) is 1.36. The van der Waals surface area contributed by atoms with Gasteiger partial charge in [-0.1, -0.05) is 11.8 Å². The van der Waals surface area contributed by atoms with Crippen molar-refractivity contribution in [2.45, 2.75) is 6.92 Å². The van der Waals surface area contributed by atoms with Crippen molar-refractivity contribution in [1.82, 2.24) is 15.0 Å². The van der Waals surface area contributed by atoms with Gasteiger partial charge in [0.15, 0.2) is 0 Å². The van der Waals surface area contributed by atoms with Crippen molar-refractivity contribution in [1.29, 1.82) is 0 Å². The second-order valence-electron chi connectivity index (χ2n) is 3.52. The fourth-order valence-corrected chi connectivity index (χ4v) is 1.36. The standard InChI is InChI=1S/C10H8N4O3/c1-6(2)10(15)13-9-4-3-7(14(16)17)5-8(9)11-12-13/h3-5H,1H2,2H3. The highest BCUT2D eigenvalue weighted by molar-refractivity contribution is 5.99. The summed E-state index contributed by atoms with van der Waals surface area (Å²) in [5.41, 5.74) is 0.944. The van der Waals surface area contributed by atoms with E-state index < -0.39 is 4.92 Å². The number of fused-ring (bicyclic) bond motifs is 1. The van der Waals surface area contributed by atoms with E-state index >= 15 is 0 Å². The molecule has 0 aliphatic heterocycles. The molecule has 17 heavy (non-hydrogen) atoms. The van der Waals surface area contributed by atoms with E-state index in [1.165, 1.54) is 18.2 Å². The largest absolute Gasteiger partial charge is 0.275 e. The SMILES string of the molecule is C=C(C)C(=O)n1nnc2cc([N+](=O)[O-])ccc21. The Balaban J connectivity index is 2.60. The van der Waals surface area contributed by atoms with Gasteiger partial charge in [-0.05, 0) is 13.0 Å². The fraction of sp³-hybridized carbons (Fsp3) is 0.100. The van der Waals surface area contributed by atoms with E-state index in [9.17, 15) is 14.9 Å². The highest BCUT2D eigenvalue weighted by Gasteiger charge is 2.15. The van der Waals surface area contributed by atoms with Crippen LogP contribution in [-0.2, 0) is 0 Å². The molecule has 0 atom stereocenters. The maximum absolute atomic E-state index is 11.7. The first-order chi connectivity index (χ1) is 8.00. The molecule has 1 aromatic heterocycles. The van der Waals surface area contributed by atoms with Crippen LogP contribution in [-0.4, -0.2) is 25.8 Å². The number of nitrogens with zero attached hydrogens (tertiary/aromatic N) is 4. The molecule has 0 fully saturated rings. The zero-order valence-corrected chi connectivity index (χ0v) is 8.95. The first kappa shape index (κ1) is 10.9. The number of rotatable bonds is 2. The maximum atomic E-state index is 11.7. The molecule has 1 aromatic carbocycles. The van der Waals surface area contributed by atoms with Crippen LogP contribution in [0.4, 0.5) is 5.69 Å².